The van der Waals surface area contributed by atoms with Crippen LogP contribution in [0.4, 0.5) is 4.39 Å². The molecule has 18 heavy (non-hydrogen) atoms. The first-order valence-corrected chi connectivity index (χ1v) is 7.13. The number of piperidine rings is 1. The van der Waals surface area contributed by atoms with E-state index in [9.17, 15) is 12.8 Å². The Morgan fingerprint density at radius 1 is 1.33 bits per heavy atom. The molecule has 1 heterocycles. The molecule has 1 aromatic carbocycles. The van der Waals surface area contributed by atoms with Gasteiger partial charge < -0.3 is 0 Å². The highest BCUT2D eigenvalue weighted by atomic mass is 32.2. The normalized spacial score (nSPS) is 18.4. The molecule has 0 unspecified atom stereocenters. The van der Waals surface area contributed by atoms with Crippen LogP contribution in [-0.2, 0) is 10.0 Å². The molecule has 6 heteroatoms. The minimum absolute atomic E-state index is 0.0297. The van der Waals surface area contributed by atoms with E-state index in [1.54, 1.807) is 0 Å². The van der Waals surface area contributed by atoms with Crippen molar-refractivity contribution in [1.82, 2.24) is 4.31 Å². The highest BCUT2D eigenvalue weighted by Crippen LogP contribution is 2.23. The fourth-order valence-corrected chi connectivity index (χ4v) is 3.50. The number of rotatable bonds is 2. The van der Waals surface area contributed by atoms with Gasteiger partial charge in [0.25, 0.3) is 0 Å². The van der Waals surface area contributed by atoms with E-state index >= 15 is 0 Å². The van der Waals surface area contributed by atoms with E-state index in [1.165, 1.54) is 22.5 Å². The smallest absolute Gasteiger partial charge is 0.207 e. The van der Waals surface area contributed by atoms with E-state index < -0.39 is 15.8 Å². The number of hydrogen-bond acceptors (Lipinski definition) is 3. The molecule has 0 amide bonds. The number of hydrogen-bond donors (Lipinski definition) is 0. The van der Waals surface area contributed by atoms with Crippen molar-refractivity contribution in [3.8, 4) is 6.07 Å². The molecular formula is C12H13FN2O2S. The Morgan fingerprint density at radius 3 is 2.56 bits per heavy atom. The molecule has 96 valence electrons. The van der Waals surface area contributed by atoms with Gasteiger partial charge in [-0.1, -0.05) is 6.07 Å². The maximum Gasteiger partial charge on any atom is 0.243 e. The van der Waals surface area contributed by atoms with Crippen LogP contribution < -0.4 is 0 Å². The quantitative estimate of drug-likeness (QED) is 0.821. The minimum atomic E-state index is -3.63. The Kier molecular flexibility index (Phi) is 3.64. The summed E-state index contributed by atoms with van der Waals surface area (Å²) in [6.45, 7) is 0.633. The third-order valence-corrected chi connectivity index (χ3v) is 4.96. The first-order chi connectivity index (χ1) is 8.54. The number of nitriles is 1. The van der Waals surface area contributed by atoms with Crippen molar-refractivity contribution in [2.75, 3.05) is 13.1 Å². The Morgan fingerprint density at radius 2 is 2.00 bits per heavy atom. The first-order valence-electron chi connectivity index (χ1n) is 5.69. The van der Waals surface area contributed by atoms with Crippen molar-refractivity contribution >= 4 is 10.0 Å². The van der Waals surface area contributed by atoms with Crippen molar-refractivity contribution in [3.63, 3.8) is 0 Å². The Balaban J connectivity index is 2.20. The largest absolute Gasteiger partial charge is 0.243 e. The molecule has 0 N–H and O–H groups in total. The molecular weight excluding hydrogens is 255 g/mol. The Hall–Kier alpha value is -1.45. The van der Waals surface area contributed by atoms with Gasteiger partial charge >= 0.3 is 0 Å². The molecule has 0 spiro atoms. The van der Waals surface area contributed by atoms with E-state index in [0.717, 1.165) is 6.07 Å². The van der Waals surface area contributed by atoms with Crippen LogP contribution in [0, 0.1) is 23.1 Å². The van der Waals surface area contributed by atoms with Crippen LogP contribution in [-0.4, -0.2) is 25.8 Å². The number of nitrogens with zero attached hydrogens (tertiary/aromatic N) is 2. The number of halogens is 1. The molecule has 0 aromatic heterocycles. The predicted molar refractivity (Wildman–Crippen MR) is 63.5 cm³/mol. The van der Waals surface area contributed by atoms with Gasteiger partial charge in [0.05, 0.1) is 11.0 Å². The second-order valence-electron chi connectivity index (χ2n) is 4.26. The maximum atomic E-state index is 13.1. The van der Waals surface area contributed by atoms with Gasteiger partial charge in [-0.05, 0) is 31.0 Å². The van der Waals surface area contributed by atoms with Gasteiger partial charge in [-0.25, -0.2) is 12.8 Å². The standard InChI is InChI=1S/C12H13FN2O2S/c13-11-2-1-3-12(8-11)18(16,17)15-6-4-10(9-14)5-7-15/h1-3,8,10H,4-7H2. The topological polar surface area (TPSA) is 61.2 Å². The van der Waals surface area contributed by atoms with Gasteiger partial charge in [-0.3, -0.25) is 0 Å². The molecule has 4 nitrogen and oxygen atoms in total. The lowest BCUT2D eigenvalue weighted by molar-refractivity contribution is 0.310. The zero-order chi connectivity index (χ0) is 13.2. The molecule has 0 saturated carbocycles. The summed E-state index contributed by atoms with van der Waals surface area (Å²) in [7, 11) is -3.63. The van der Waals surface area contributed by atoms with Gasteiger partial charge in [0.15, 0.2) is 0 Å². The zero-order valence-corrected chi connectivity index (χ0v) is 10.5. The van der Waals surface area contributed by atoms with Gasteiger partial charge in [-0.15, -0.1) is 0 Å². The van der Waals surface area contributed by atoms with E-state index in [-0.39, 0.29) is 10.8 Å². The molecule has 1 aliphatic rings. The molecule has 1 fully saturated rings. The molecule has 0 aliphatic carbocycles. The summed E-state index contributed by atoms with van der Waals surface area (Å²) < 4.78 is 38.8. The van der Waals surface area contributed by atoms with Gasteiger partial charge in [0.2, 0.25) is 10.0 Å². The van der Waals surface area contributed by atoms with E-state index in [4.69, 9.17) is 5.26 Å². The molecule has 0 bridgehead atoms. The minimum Gasteiger partial charge on any atom is -0.207 e. The molecule has 0 atom stereocenters. The maximum absolute atomic E-state index is 13.1. The SMILES string of the molecule is N#CC1CCN(S(=O)(=O)c2cccc(F)c2)CC1. The first kappa shape index (κ1) is 13.0. The van der Waals surface area contributed by atoms with Crippen molar-refractivity contribution < 1.29 is 12.8 Å². The van der Waals surface area contributed by atoms with Crippen molar-refractivity contribution in [2.45, 2.75) is 17.7 Å². The summed E-state index contributed by atoms with van der Waals surface area (Å²) in [5.41, 5.74) is 0. The highest BCUT2D eigenvalue weighted by molar-refractivity contribution is 7.89. The summed E-state index contributed by atoms with van der Waals surface area (Å²) in [5.74, 6) is -0.646. The van der Waals surface area contributed by atoms with E-state index in [1.807, 2.05) is 0 Å². The van der Waals surface area contributed by atoms with Crippen LogP contribution in [0.2, 0.25) is 0 Å². The number of sulfonamides is 1. The fraction of sp³-hybridized carbons (Fsp3) is 0.417. The average Bonchev–Trinajstić information content (AvgIpc) is 2.39. The summed E-state index contributed by atoms with van der Waals surface area (Å²) >= 11 is 0. The fourth-order valence-electron chi connectivity index (χ4n) is 2.00. The number of benzene rings is 1. The lowest BCUT2D eigenvalue weighted by Crippen LogP contribution is -2.38. The van der Waals surface area contributed by atoms with E-state index in [2.05, 4.69) is 6.07 Å². The second kappa shape index (κ2) is 5.04. The molecule has 0 radical (unpaired) electrons. The zero-order valence-electron chi connectivity index (χ0n) is 9.71. The van der Waals surface area contributed by atoms with Crippen LogP contribution in [0.5, 0.6) is 0 Å². The van der Waals surface area contributed by atoms with Crippen LogP contribution in [0.15, 0.2) is 29.2 Å². The van der Waals surface area contributed by atoms with Crippen LogP contribution in [0.25, 0.3) is 0 Å². The summed E-state index contributed by atoms with van der Waals surface area (Å²) in [5, 5.41) is 8.77. The highest BCUT2D eigenvalue weighted by Gasteiger charge is 2.29. The summed E-state index contributed by atoms with van der Waals surface area (Å²) in [6.07, 6.45) is 1.07. The van der Waals surface area contributed by atoms with Crippen LogP contribution >= 0.6 is 0 Å². The monoisotopic (exact) mass is 268 g/mol. The molecule has 2 rings (SSSR count). The van der Waals surface area contributed by atoms with Crippen molar-refractivity contribution in [1.29, 1.82) is 5.26 Å². The Labute approximate surface area is 106 Å². The second-order valence-corrected chi connectivity index (χ2v) is 6.20. The van der Waals surface area contributed by atoms with Crippen LogP contribution in [0.1, 0.15) is 12.8 Å². The molecule has 1 aliphatic heterocycles. The van der Waals surface area contributed by atoms with Crippen molar-refractivity contribution in [2.24, 2.45) is 5.92 Å². The van der Waals surface area contributed by atoms with Crippen molar-refractivity contribution in [3.05, 3.63) is 30.1 Å². The van der Waals surface area contributed by atoms with Crippen LogP contribution in [0.3, 0.4) is 0 Å². The summed E-state index contributed by atoms with van der Waals surface area (Å²) in [6, 6.07) is 7.14. The average molecular weight is 268 g/mol. The summed E-state index contributed by atoms with van der Waals surface area (Å²) in [4.78, 5) is -0.0297. The predicted octanol–water partition coefficient (Wildman–Crippen LogP) is 1.75. The molecule has 1 saturated heterocycles. The lowest BCUT2D eigenvalue weighted by atomic mass is 10.0. The third kappa shape index (κ3) is 2.52. The third-order valence-electron chi connectivity index (χ3n) is 3.07. The van der Waals surface area contributed by atoms with Gasteiger partial charge in [-0.2, -0.15) is 9.57 Å². The Bertz CT molecular complexity index is 572. The van der Waals surface area contributed by atoms with Gasteiger partial charge in [0.1, 0.15) is 5.82 Å². The van der Waals surface area contributed by atoms with Gasteiger partial charge in [0, 0.05) is 19.0 Å². The molecule has 1 aromatic rings. The van der Waals surface area contributed by atoms with E-state index in [0.29, 0.717) is 25.9 Å². The lowest BCUT2D eigenvalue weighted by Gasteiger charge is -2.28.